The van der Waals surface area contributed by atoms with E-state index in [4.69, 9.17) is 0 Å². The molecule has 1 aliphatic rings. The Hall–Kier alpha value is -1.73. The normalized spacial score (nSPS) is 16.0. The van der Waals surface area contributed by atoms with E-state index in [2.05, 4.69) is 20.3 Å². The van der Waals surface area contributed by atoms with Gasteiger partial charge in [0.1, 0.15) is 0 Å². The summed E-state index contributed by atoms with van der Waals surface area (Å²) in [6.07, 6.45) is 3.91. The van der Waals surface area contributed by atoms with Crippen LogP contribution in [0.25, 0.3) is 0 Å². The van der Waals surface area contributed by atoms with Gasteiger partial charge in [-0.25, -0.2) is 4.98 Å². The van der Waals surface area contributed by atoms with E-state index >= 15 is 0 Å². The van der Waals surface area contributed by atoms with Crippen molar-refractivity contribution in [2.24, 2.45) is 0 Å². The third-order valence-corrected chi connectivity index (χ3v) is 4.67. The minimum absolute atomic E-state index is 0.00107. The number of thiazole rings is 1. The van der Waals surface area contributed by atoms with Crippen LogP contribution in [0.3, 0.4) is 0 Å². The molecule has 0 aliphatic carbocycles. The van der Waals surface area contributed by atoms with Gasteiger partial charge in [-0.1, -0.05) is 0 Å². The molecule has 1 aliphatic heterocycles. The van der Waals surface area contributed by atoms with Crippen LogP contribution >= 0.6 is 11.3 Å². The van der Waals surface area contributed by atoms with Crippen LogP contribution < -0.4 is 5.32 Å². The Labute approximate surface area is 127 Å². The fourth-order valence-electron chi connectivity index (χ4n) is 2.36. The van der Waals surface area contributed by atoms with Crippen LogP contribution in [0.5, 0.6) is 0 Å². The molecule has 0 saturated carbocycles. The van der Waals surface area contributed by atoms with Gasteiger partial charge in [-0.2, -0.15) is 5.10 Å². The number of likely N-dealkylation sites (tertiary alicyclic amines) is 1. The quantitative estimate of drug-likeness (QED) is 0.935. The molecule has 1 saturated heterocycles. The number of hydrogen-bond donors (Lipinski definition) is 1. The number of rotatable bonds is 4. The van der Waals surface area contributed by atoms with Gasteiger partial charge in [0.25, 0.3) is 0 Å². The molecule has 0 radical (unpaired) electrons. The first-order chi connectivity index (χ1) is 10.0. The maximum atomic E-state index is 12.0. The second-order valence-electron chi connectivity index (χ2n) is 5.55. The lowest BCUT2D eigenvalue weighted by Gasteiger charge is -2.38. The van der Waals surface area contributed by atoms with Crippen molar-refractivity contribution in [1.29, 1.82) is 0 Å². The van der Waals surface area contributed by atoms with E-state index in [-0.39, 0.29) is 5.91 Å². The zero-order valence-electron chi connectivity index (χ0n) is 12.5. The van der Waals surface area contributed by atoms with Crippen molar-refractivity contribution in [1.82, 2.24) is 19.7 Å². The summed E-state index contributed by atoms with van der Waals surface area (Å²) in [6.45, 7) is 8.14. The van der Waals surface area contributed by atoms with Crippen LogP contribution in [-0.4, -0.2) is 45.2 Å². The molecule has 2 aromatic rings. The lowest BCUT2D eigenvalue weighted by atomic mass is 10.1. The first-order valence-electron chi connectivity index (χ1n) is 6.98. The number of carbonyl (C=O) groups excluding carboxylic acids is 1. The van der Waals surface area contributed by atoms with Gasteiger partial charge in [0.15, 0.2) is 5.13 Å². The molecule has 3 heterocycles. The maximum absolute atomic E-state index is 12.0. The van der Waals surface area contributed by atoms with Gasteiger partial charge in [-0.15, -0.1) is 11.3 Å². The Kier molecular flexibility index (Phi) is 3.77. The second kappa shape index (κ2) is 5.57. The molecule has 112 valence electrons. The van der Waals surface area contributed by atoms with E-state index in [9.17, 15) is 4.79 Å². The summed E-state index contributed by atoms with van der Waals surface area (Å²) in [4.78, 5) is 19.6. The maximum Gasteiger partial charge on any atom is 0.240 e. The highest BCUT2D eigenvalue weighted by Crippen LogP contribution is 2.22. The van der Waals surface area contributed by atoms with Gasteiger partial charge in [-0.05, 0) is 26.3 Å². The number of anilines is 1. The zero-order valence-corrected chi connectivity index (χ0v) is 13.3. The zero-order chi connectivity index (χ0) is 15.0. The van der Waals surface area contributed by atoms with Crippen molar-refractivity contribution in [2.75, 3.05) is 25.0 Å². The molecular weight excluding hydrogens is 286 g/mol. The molecular formula is C14H19N5OS. The van der Waals surface area contributed by atoms with Gasteiger partial charge in [0, 0.05) is 24.2 Å². The average Bonchev–Trinajstić information content (AvgIpc) is 2.91. The smallest absolute Gasteiger partial charge is 0.240 e. The van der Waals surface area contributed by atoms with Crippen LogP contribution in [0.15, 0.2) is 12.4 Å². The lowest BCUT2D eigenvalue weighted by Crippen LogP contribution is -2.50. The van der Waals surface area contributed by atoms with Crippen molar-refractivity contribution >= 4 is 22.4 Å². The van der Waals surface area contributed by atoms with Crippen LogP contribution in [-0.2, 0) is 4.79 Å². The summed E-state index contributed by atoms with van der Waals surface area (Å²) in [5, 5.41) is 7.87. The second-order valence-corrected chi connectivity index (χ2v) is 6.76. The van der Waals surface area contributed by atoms with E-state index in [1.54, 1.807) is 0 Å². The van der Waals surface area contributed by atoms with Crippen LogP contribution in [0.1, 0.15) is 22.2 Å². The Morgan fingerprint density at radius 2 is 2.19 bits per heavy atom. The van der Waals surface area contributed by atoms with Crippen molar-refractivity contribution in [3.8, 4) is 0 Å². The van der Waals surface area contributed by atoms with Crippen molar-refractivity contribution < 1.29 is 4.79 Å². The standard InChI is InChI=1S/C14H19N5OS/c1-9-4-15-19(5-9)12-6-18(7-12)8-13(20)17-14-16-10(2)11(3)21-14/h4-5,12H,6-8H2,1-3H3,(H,16,17,20). The summed E-state index contributed by atoms with van der Waals surface area (Å²) < 4.78 is 1.98. The lowest BCUT2D eigenvalue weighted by molar-refractivity contribution is -0.118. The molecule has 3 rings (SSSR count). The van der Waals surface area contributed by atoms with E-state index in [0.29, 0.717) is 17.7 Å². The van der Waals surface area contributed by atoms with E-state index in [1.165, 1.54) is 16.9 Å². The van der Waals surface area contributed by atoms with Crippen LogP contribution in [0.4, 0.5) is 5.13 Å². The largest absolute Gasteiger partial charge is 0.301 e. The molecule has 0 unspecified atom stereocenters. The van der Waals surface area contributed by atoms with Crippen molar-refractivity contribution in [3.05, 3.63) is 28.5 Å². The SMILES string of the molecule is Cc1cnn(C2CN(CC(=O)Nc3nc(C)c(C)s3)C2)c1. The molecule has 1 amide bonds. The number of carbonyl (C=O) groups is 1. The number of amides is 1. The van der Waals surface area contributed by atoms with E-state index < -0.39 is 0 Å². The van der Waals surface area contributed by atoms with E-state index in [0.717, 1.165) is 23.7 Å². The monoisotopic (exact) mass is 305 g/mol. The summed E-state index contributed by atoms with van der Waals surface area (Å²) >= 11 is 1.52. The molecule has 0 atom stereocenters. The highest BCUT2D eigenvalue weighted by atomic mass is 32.1. The van der Waals surface area contributed by atoms with Gasteiger partial charge in [0.2, 0.25) is 5.91 Å². The molecule has 0 spiro atoms. The Bertz CT molecular complexity index is 637. The molecule has 6 nitrogen and oxygen atoms in total. The topological polar surface area (TPSA) is 63.1 Å². The molecule has 0 aromatic carbocycles. The predicted octanol–water partition coefficient (Wildman–Crippen LogP) is 1.76. The summed E-state index contributed by atoms with van der Waals surface area (Å²) in [5.74, 6) is -0.00107. The fourth-order valence-corrected chi connectivity index (χ4v) is 3.19. The van der Waals surface area contributed by atoms with Gasteiger partial charge in [-0.3, -0.25) is 14.4 Å². The molecule has 1 N–H and O–H groups in total. The average molecular weight is 305 g/mol. The number of aromatic nitrogens is 3. The minimum atomic E-state index is -0.00107. The first-order valence-corrected chi connectivity index (χ1v) is 7.80. The first kappa shape index (κ1) is 14.2. The Morgan fingerprint density at radius 1 is 1.43 bits per heavy atom. The third-order valence-electron chi connectivity index (χ3n) is 3.68. The Balaban J connectivity index is 1.47. The third kappa shape index (κ3) is 3.14. The number of aryl methyl sites for hydroxylation is 3. The highest BCUT2D eigenvalue weighted by Gasteiger charge is 2.30. The molecule has 1 fully saturated rings. The van der Waals surface area contributed by atoms with E-state index in [1.807, 2.05) is 37.8 Å². The predicted molar refractivity (Wildman–Crippen MR) is 82.7 cm³/mol. The van der Waals surface area contributed by atoms with Gasteiger partial charge in [0.05, 0.1) is 24.5 Å². The number of hydrogen-bond acceptors (Lipinski definition) is 5. The van der Waals surface area contributed by atoms with Crippen LogP contribution in [0.2, 0.25) is 0 Å². The van der Waals surface area contributed by atoms with Crippen molar-refractivity contribution in [3.63, 3.8) is 0 Å². The molecule has 2 aromatic heterocycles. The van der Waals surface area contributed by atoms with Gasteiger partial charge >= 0.3 is 0 Å². The van der Waals surface area contributed by atoms with Gasteiger partial charge < -0.3 is 5.32 Å². The summed E-state index contributed by atoms with van der Waals surface area (Å²) in [6, 6.07) is 0.385. The minimum Gasteiger partial charge on any atom is -0.301 e. The summed E-state index contributed by atoms with van der Waals surface area (Å²) in [5.41, 5.74) is 2.15. The van der Waals surface area contributed by atoms with Crippen molar-refractivity contribution in [2.45, 2.75) is 26.8 Å². The highest BCUT2D eigenvalue weighted by molar-refractivity contribution is 7.15. The fraction of sp³-hybridized carbons (Fsp3) is 0.500. The number of nitrogens with one attached hydrogen (secondary N) is 1. The molecule has 0 bridgehead atoms. The molecule has 21 heavy (non-hydrogen) atoms. The summed E-state index contributed by atoms with van der Waals surface area (Å²) in [7, 11) is 0. The Morgan fingerprint density at radius 3 is 2.76 bits per heavy atom. The number of nitrogens with zero attached hydrogens (tertiary/aromatic N) is 4. The molecule has 7 heteroatoms. The van der Waals surface area contributed by atoms with Crippen LogP contribution in [0, 0.1) is 20.8 Å².